The van der Waals surface area contributed by atoms with E-state index in [4.69, 9.17) is 4.74 Å². The van der Waals surface area contributed by atoms with E-state index in [1.165, 1.54) is 5.56 Å². The highest BCUT2D eigenvalue weighted by Crippen LogP contribution is 2.24. The Morgan fingerprint density at radius 2 is 1.65 bits per heavy atom. The largest absolute Gasteiger partial charge is 0.489 e. The van der Waals surface area contributed by atoms with Crippen molar-refractivity contribution in [2.45, 2.75) is 53.1 Å². The van der Waals surface area contributed by atoms with Crippen LogP contribution in [0.15, 0.2) is 53.6 Å². The lowest BCUT2D eigenvalue weighted by atomic mass is 9.87. The molecule has 0 bridgehead atoms. The zero-order valence-corrected chi connectivity index (χ0v) is 16.3. The average Bonchev–Trinajstić information content (AvgIpc) is 2.64. The van der Waals surface area contributed by atoms with Gasteiger partial charge in [0, 0.05) is 11.3 Å². The van der Waals surface area contributed by atoms with Crippen molar-refractivity contribution in [3.05, 3.63) is 65.2 Å². The van der Waals surface area contributed by atoms with Crippen LogP contribution < -0.4 is 10.2 Å². The first kappa shape index (κ1) is 19.7. The minimum atomic E-state index is -0.206. The van der Waals surface area contributed by atoms with E-state index >= 15 is 0 Å². The molecule has 4 heteroatoms. The van der Waals surface area contributed by atoms with E-state index in [2.05, 4.69) is 43.4 Å². The third kappa shape index (κ3) is 5.73. The SMILES string of the molecule is CC/C(C)=N\NC(=O)c1ccc(COc2ccc(C(C)(C)C)cc2)cc1. The van der Waals surface area contributed by atoms with Crippen LogP contribution in [0.25, 0.3) is 0 Å². The Bertz CT molecular complexity index is 754. The first-order valence-corrected chi connectivity index (χ1v) is 8.95. The number of rotatable bonds is 6. The number of nitrogens with zero attached hydrogens (tertiary/aromatic N) is 1. The summed E-state index contributed by atoms with van der Waals surface area (Å²) in [4.78, 5) is 12.0. The van der Waals surface area contributed by atoms with E-state index < -0.39 is 0 Å². The van der Waals surface area contributed by atoms with E-state index in [1.807, 2.05) is 38.1 Å². The monoisotopic (exact) mass is 352 g/mol. The van der Waals surface area contributed by atoms with Crippen LogP contribution in [0.4, 0.5) is 0 Å². The maximum atomic E-state index is 12.0. The van der Waals surface area contributed by atoms with Crippen molar-refractivity contribution >= 4 is 11.6 Å². The molecule has 0 spiro atoms. The summed E-state index contributed by atoms with van der Waals surface area (Å²) in [6, 6.07) is 15.6. The molecule has 1 amide bonds. The number of hydrazone groups is 1. The molecule has 0 aliphatic rings. The molecule has 0 aliphatic carbocycles. The van der Waals surface area contributed by atoms with Crippen molar-refractivity contribution in [3.8, 4) is 5.75 Å². The summed E-state index contributed by atoms with van der Waals surface area (Å²) in [6.45, 7) is 10.9. The summed E-state index contributed by atoms with van der Waals surface area (Å²) in [5.74, 6) is 0.632. The van der Waals surface area contributed by atoms with E-state index in [-0.39, 0.29) is 11.3 Å². The smallest absolute Gasteiger partial charge is 0.271 e. The Balaban J connectivity index is 1.92. The predicted molar refractivity (Wildman–Crippen MR) is 107 cm³/mol. The lowest BCUT2D eigenvalue weighted by Crippen LogP contribution is -2.18. The predicted octanol–water partition coefficient (Wildman–Crippen LogP) is 5.08. The van der Waals surface area contributed by atoms with Crippen molar-refractivity contribution in [2.24, 2.45) is 5.10 Å². The van der Waals surface area contributed by atoms with Crippen molar-refractivity contribution in [1.29, 1.82) is 0 Å². The molecule has 0 unspecified atom stereocenters. The summed E-state index contributed by atoms with van der Waals surface area (Å²) in [6.07, 6.45) is 0.813. The summed E-state index contributed by atoms with van der Waals surface area (Å²) < 4.78 is 5.83. The normalized spacial score (nSPS) is 12.0. The van der Waals surface area contributed by atoms with Gasteiger partial charge in [-0.3, -0.25) is 4.79 Å². The van der Waals surface area contributed by atoms with Crippen molar-refractivity contribution < 1.29 is 9.53 Å². The maximum absolute atomic E-state index is 12.0. The van der Waals surface area contributed by atoms with Crippen LogP contribution >= 0.6 is 0 Å². The zero-order valence-electron chi connectivity index (χ0n) is 16.3. The molecule has 0 radical (unpaired) electrons. The number of hydrogen-bond acceptors (Lipinski definition) is 3. The Morgan fingerprint density at radius 1 is 1.04 bits per heavy atom. The molecule has 4 nitrogen and oxygen atoms in total. The molecule has 2 rings (SSSR count). The molecule has 2 aromatic carbocycles. The Kier molecular flexibility index (Phi) is 6.56. The third-order valence-corrected chi connectivity index (χ3v) is 4.20. The minimum absolute atomic E-state index is 0.134. The topological polar surface area (TPSA) is 50.7 Å². The van der Waals surface area contributed by atoms with Crippen molar-refractivity contribution in [1.82, 2.24) is 5.43 Å². The van der Waals surface area contributed by atoms with Crippen LogP contribution in [0.1, 0.15) is 62.5 Å². The van der Waals surface area contributed by atoms with Gasteiger partial charge >= 0.3 is 0 Å². The number of carbonyl (C=O) groups excluding carboxylic acids is 1. The van der Waals surface area contributed by atoms with Gasteiger partial charge in [0.1, 0.15) is 12.4 Å². The van der Waals surface area contributed by atoms with E-state index in [0.717, 1.165) is 23.4 Å². The van der Waals surface area contributed by atoms with Gasteiger partial charge in [0.25, 0.3) is 5.91 Å². The molecule has 0 heterocycles. The second-order valence-electron chi connectivity index (χ2n) is 7.40. The molecule has 2 aromatic rings. The number of amides is 1. The fourth-order valence-corrected chi connectivity index (χ4v) is 2.26. The summed E-state index contributed by atoms with van der Waals surface area (Å²) >= 11 is 0. The van der Waals surface area contributed by atoms with Crippen LogP contribution in [0, 0.1) is 0 Å². The first-order valence-electron chi connectivity index (χ1n) is 8.95. The highest BCUT2D eigenvalue weighted by atomic mass is 16.5. The average molecular weight is 352 g/mol. The Morgan fingerprint density at radius 3 is 2.19 bits per heavy atom. The van der Waals surface area contributed by atoms with Gasteiger partial charge in [-0.25, -0.2) is 5.43 Å². The highest BCUT2D eigenvalue weighted by molar-refractivity contribution is 5.95. The van der Waals surface area contributed by atoms with E-state index in [0.29, 0.717) is 12.2 Å². The molecule has 26 heavy (non-hydrogen) atoms. The van der Waals surface area contributed by atoms with Crippen molar-refractivity contribution in [3.63, 3.8) is 0 Å². The molecular formula is C22H28N2O2. The number of carbonyl (C=O) groups is 1. The molecule has 0 fully saturated rings. The molecule has 138 valence electrons. The van der Waals surface area contributed by atoms with E-state index in [9.17, 15) is 4.79 Å². The van der Waals surface area contributed by atoms with Gasteiger partial charge in [-0.15, -0.1) is 0 Å². The third-order valence-electron chi connectivity index (χ3n) is 4.20. The number of ether oxygens (including phenoxy) is 1. The van der Waals surface area contributed by atoms with Gasteiger partial charge in [-0.05, 0) is 54.2 Å². The second-order valence-corrected chi connectivity index (χ2v) is 7.40. The molecule has 0 saturated heterocycles. The number of benzene rings is 2. The van der Waals surface area contributed by atoms with E-state index in [1.54, 1.807) is 12.1 Å². The van der Waals surface area contributed by atoms with Gasteiger partial charge in [0.15, 0.2) is 0 Å². The molecule has 0 aromatic heterocycles. The zero-order chi connectivity index (χ0) is 19.2. The maximum Gasteiger partial charge on any atom is 0.271 e. The number of hydrogen-bond donors (Lipinski definition) is 1. The lowest BCUT2D eigenvalue weighted by molar-refractivity contribution is 0.0954. The van der Waals surface area contributed by atoms with Gasteiger partial charge in [0.05, 0.1) is 0 Å². The molecule has 1 N–H and O–H groups in total. The fraction of sp³-hybridized carbons (Fsp3) is 0.364. The Labute approximate surface area is 156 Å². The molecule has 0 aliphatic heterocycles. The van der Waals surface area contributed by atoms with Crippen LogP contribution in [0.2, 0.25) is 0 Å². The minimum Gasteiger partial charge on any atom is -0.489 e. The Hall–Kier alpha value is -2.62. The summed E-state index contributed by atoms with van der Waals surface area (Å²) in [7, 11) is 0. The van der Waals surface area contributed by atoms with Gasteiger partial charge < -0.3 is 4.74 Å². The standard InChI is InChI=1S/C22H28N2O2/c1-6-16(2)23-24-21(25)18-9-7-17(8-10-18)15-26-20-13-11-19(12-14-20)22(3,4)5/h7-14H,6,15H2,1-5H3,(H,24,25)/b23-16-. The van der Waals surface area contributed by atoms with Gasteiger partial charge in [-0.2, -0.15) is 5.10 Å². The van der Waals surface area contributed by atoms with Crippen LogP contribution in [0.5, 0.6) is 5.75 Å². The van der Waals surface area contributed by atoms with Crippen LogP contribution in [-0.2, 0) is 12.0 Å². The summed E-state index contributed by atoms with van der Waals surface area (Å²) in [5, 5.41) is 4.03. The molecular weight excluding hydrogens is 324 g/mol. The summed E-state index contributed by atoms with van der Waals surface area (Å²) in [5.41, 5.74) is 6.45. The molecule has 0 atom stereocenters. The van der Waals surface area contributed by atoms with Gasteiger partial charge in [0.2, 0.25) is 0 Å². The second kappa shape index (κ2) is 8.65. The quantitative estimate of drug-likeness (QED) is 0.582. The van der Waals surface area contributed by atoms with Crippen LogP contribution in [-0.4, -0.2) is 11.6 Å². The fourth-order valence-electron chi connectivity index (χ4n) is 2.26. The van der Waals surface area contributed by atoms with Crippen molar-refractivity contribution in [2.75, 3.05) is 0 Å². The lowest BCUT2D eigenvalue weighted by Gasteiger charge is -2.19. The van der Waals surface area contributed by atoms with Gasteiger partial charge in [-0.1, -0.05) is 52.0 Å². The van der Waals surface area contributed by atoms with Crippen LogP contribution in [0.3, 0.4) is 0 Å². The highest BCUT2D eigenvalue weighted by Gasteiger charge is 2.13. The number of nitrogens with one attached hydrogen (secondary N) is 1. The first-order chi connectivity index (χ1) is 12.3. The molecule has 0 saturated carbocycles.